The van der Waals surface area contributed by atoms with Gasteiger partial charge in [-0.05, 0) is 12.1 Å². The predicted molar refractivity (Wildman–Crippen MR) is 45.8 cm³/mol. The van der Waals surface area contributed by atoms with Gasteiger partial charge >= 0.3 is 6.09 Å². The van der Waals surface area contributed by atoms with Crippen LogP contribution < -0.4 is 4.74 Å². The number of nitrogens with zero attached hydrogens (tertiary/aromatic N) is 2. The molecule has 0 radical (unpaired) electrons. The number of pyridine rings is 1. The van der Waals surface area contributed by atoms with Crippen molar-refractivity contribution in [2.24, 2.45) is 4.36 Å². The zero-order valence-corrected chi connectivity index (χ0v) is 7.71. The smallest absolute Gasteiger partial charge is 0.406 e. The van der Waals surface area contributed by atoms with Gasteiger partial charge in [-0.15, -0.1) is 0 Å². The molecule has 0 unspecified atom stereocenters. The lowest BCUT2D eigenvalue weighted by molar-refractivity contribution is 0.211. The van der Waals surface area contributed by atoms with Crippen molar-refractivity contribution in [1.29, 1.82) is 0 Å². The first-order valence-corrected chi connectivity index (χ1v) is 4.13. The van der Waals surface area contributed by atoms with Crippen molar-refractivity contribution < 1.29 is 13.7 Å². The number of rotatable bonds is 1. The van der Waals surface area contributed by atoms with Crippen LogP contribution in [0, 0.1) is 0 Å². The average molecular weight is 219 g/mol. The predicted octanol–water partition coefficient (Wildman–Crippen LogP) is 1.63. The number of amides is 1. The number of aromatic nitrogens is 1. The fourth-order valence-corrected chi connectivity index (χ4v) is 0.782. The molecule has 0 aliphatic heterocycles. The molecule has 0 spiro atoms. The molecule has 0 saturated carbocycles. The lowest BCUT2D eigenvalue weighted by Gasteiger charge is -1.97. The third-order valence-corrected chi connectivity index (χ3v) is 1.46. The Balaban J connectivity index is 2.69. The van der Waals surface area contributed by atoms with Gasteiger partial charge in [0.05, 0.1) is 6.20 Å². The van der Waals surface area contributed by atoms with Crippen LogP contribution in [0.1, 0.15) is 0 Å². The molecule has 5 nitrogen and oxygen atoms in total. The Morgan fingerprint density at radius 2 is 2.38 bits per heavy atom. The molecule has 0 atom stereocenters. The van der Waals surface area contributed by atoms with Crippen LogP contribution in [0.3, 0.4) is 0 Å². The van der Waals surface area contributed by atoms with Crippen LogP contribution in [0.25, 0.3) is 0 Å². The second kappa shape index (κ2) is 4.68. The second-order valence-electron chi connectivity index (χ2n) is 1.85. The van der Waals surface area contributed by atoms with Crippen molar-refractivity contribution in [3.05, 3.63) is 23.5 Å². The van der Waals surface area contributed by atoms with Gasteiger partial charge in [-0.3, -0.25) is 0 Å². The summed E-state index contributed by atoms with van der Waals surface area (Å²) in [5.74, 6) is 0.187. The van der Waals surface area contributed by atoms with Crippen LogP contribution in [-0.2, 0) is 11.5 Å². The highest BCUT2D eigenvalue weighted by Gasteiger charge is 2.01. The van der Waals surface area contributed by atoms with Crippen LogP contribution in [-0.4, -0.2) is 15.3 Å². The first-order valence-electron chi connectivity index (χ1n) is 3.06. The molecule has 13 heavy (non-hydrogen) atoms. The Bertz CT molecular complexity index is 361. The molecule has 1 amide bonds. The van der Waals surface area contributed by atoms with Gasteiger partial charge in [-0.2, -0.15) is 4.21 Å². The van der Waals surface area contributed by atoms with Crippen LogP contribution in [0.15, 0.2) is 22.7 Å². The molecule has 1 aromatic rings. The lowest BCUT2D eigenvalue weighted by Crippen LogP contribution is -2.00. The minimum atomic E-state index is -0.968. The summed E-state index contributed by atoms with van der Waals surface area (Å²) in [6.07, 6.45) is 0.287. The summed E-state index contributed by atoms with van der Waals surface area (Å²) >= 11 is 5.27. The molecule has 0 aliphatic carbocycles. The van der Waals surface area contributed by atoms with Crippen LogP contribution in [0.5, 0.6) is 5.75 Å². The summed E-state index contributed by atoms with van der Waals surface area (Å²) in [6.45, 7) is 0. The normalized spacial score (nSPS) is 9.00. The first kappa shape index (κ1) is 9.82. The Morgan fingerprint density at radius 3 is 2.92 bits per heavy atom. The zero-order valence-electron chi connectivity index (χ0n) is 6.14. The molecule has 68 valence electrons. The van der Waals surface area contributed by atoms with Gasteiger partial charge in [-0.25, -0.2) is 9.78 Å². The SMILES string of the molecule is O=S=NC(=O)Oc1ccc(Cl)nc1. The molecule has 0 aliphatic rings. The van der Waals surface area contributed by atoms with Crippen LogP contribution in [0.4, 0.5) is 4.79 Å². The van der Waals surface area contributed by atoms with E-state index in [9.17, 15) is 9.00 Å². The monoisotopic (exact) mass is 218 g/mol. The largest absolute Gasteiger partial charge is 0.452 e. The number of carbonyl (C=O) groups is 1. The number of halogens is 1. The zero-order chi connectivity index (χ0) is 9.68. The maximum atomic E-state index is 10.6. The molecular formula is C6H3ClN2O3S. The fourth-order valence-electron chi connectivity index (χ4n) is 0.573. The molecule has 0 N–H and O–H groups in total. The molecule has 1 rings (SSSR count). The van der Waals surface area contributed by atoms with E-state index in [2.05, 4.69) is 14.1 Å². The maximum absolute atomic E-state index is 10.6. The summed E-state index contributed by atoms with van der Waals surface area (Å²) in [6, 6.07) is 2.90. The molecule has 7 heteroatoms. The van der Waals surface area contributed by atoms with Crippen LogP contribution >= 0.6 is 11.6 Å². The van der Waals surface area contributed by atoms with E-state index >= 15 is 0 Å². The summed E-state index contributed by atoms with van der Waals surface area (Å²) in [7, 11) is 0. The van der Waals surface area contributed by atoms with Crippen molar-refractivity contribution in [1.82, 2.24) is 4.98 Å². The van der Waals surface area contributed by atoms with E-state index < -0.39 is 6.09 Å². The Labute approximate surface area is 81.9 Å². The molecule has 1 heterocycles. The van der Waals surface area contributed by atoms with E-state index in [4.69, 9.17) is 11.6 Å². The van der Waals surface area contributed by atoms with Crippen molar-refractivity contribution in [3.8, 4) is 5.75 Å². The van der Waals surface area contributed by atoms with E-state index in [-0.39, 0.29) is 22.4 Å². The van der Waals surface area contributed by atoms with Gasteiger partial charge in [0.1, 0.15) is 5.15 Å². The summed E-state index contributed by atoms with van der Waals surface area (Å²) in [4.78, 5) is 14.3. The number of carbonyl (C=O) groups excluding carboxylic acids is 1. The molecule has 1 aromatic heterocycles. The van der Waals surface area contributed by atoms with Gasteiger partial charge in [0.25, 0.3) is 0 Å². The molecule has 0 fully saturated rings. The Kier molecular flexibility index (Phi) is 3.53. The van der Waals surface area contributed by atoms with Gasteiger partial charge < -0.3 is 4.74 Å². The van der Waals surface area contributed by atoms with Crippen molar-refractivity contribution in [3.63, 3.8) is 0 Å². The van der Waals surface area contributed by atoms with Crippen molar-refractivity contribution in [2.45, 2.75) is 0 Å². The second-order valence-corrected chi connectivity index (χ2v) is 2.57. The number of ether oxygens (including phenoxy) is 1. The molecule has 0 aromatic carbocycles. The fraction of sp³-hybridized carbons (Fsp3) is 0. The average Bonchev–Trinajstić information content (AvgIpc) is 2.09. The highest BCUT2D eigenvalue weighted by atomic mass is 35.5. The van der Waals surface area contributed by atoms with Gasteiger partial charge in [0, 0.05) is 0 Å². The summed E-state index contributed by atoms with van der Waals surface area (Å²) < 4.78 is 17.2. The van der Waals surface area contributed by atoms with Gasteiger partial charge in [-0.1, -0.05) is 16.0 Å². The van der Waals surface area contributed by atoms with E-state index in [0.717, 1.165) is 0 Å². The number of hydrogen-bond acceptors (Lipinski definition) is 4. The van der Waals surface area contributed by atoms with Crippen molar-refractivity contribution in [2.75, 3.05) is 0 Å². The maximum Gasteiger partial charge on any atom is 0.452 e. The lowest BCUT2D eigenvalue weighted by atomic mass is 10.5. The van der Waals surface area contributed by atoms with E-state index in [1.165, 1.54) is 18.3 Å². The summed E-state index contributed by atoms with van der Waals surface area (Å²) in [5.41, 5.74) is 0. The molecule has 0 saturated heterocycles. The Hall–Kier alpha value is -1.27. The minimum absolute atomic E-state index is 0.187. The van der Waals surface area contributed by atoms with E-state index in [1.54, 1.807) is 0 Å². The quantitative estimate of drug-likeness (QED) is 0.672. The Morgan fingerprint density at radius 1 is 1.62 bits per heavy atom. The van der Waals surface area contributed by atoms with Crippen molar-refractivity contribution >= 4 is 29.2 Å². The third kappa shape index (κ3) is 3.30. The third-order valence-electron chi connectivity index (χ3n) is 1.02. The van der Waals surface area contributed by atoms with Gasteiger partial charge in [0.2, 0.25) is 11.5 Å². The topological polar surface area (TPSA) is 68.6 Å². The highest BCUT2D eigenvalue weighted by Crippen LogP contribution is 2.12. The van der Waals surface area contributed by atoms with Crippen LogP contribution in [0.2, 0.25) is 5.15 Å². The van der Waals surface area contributed by atoms with E-state index in [1.807, 2.05) is 0 Å². The number of hydrogen-bond donors (Lipinski definition) is 0. The molecular weight excluding hydrogens is 216 g/mol. The standard InChI is InChI=1S/C6H3ClN2O3S/c7-5-2-1-4(3-8-5)12-6(10)9-13-11/h1-3H. The minimum Gasteiger partial charge on any atom is -0.406 e. The summed E-state index contributed by atoms with van der Waals surface area (Å²) in [5, 5.41) is 0.287. The van der Waals surface area contributed by atoms with E-state index in [0.29, 0.717) is 0 Å². The first-order chi connectivity index (χ1) is 6.22. The molecule has 0 bridgehead atoms. The van der Waals surface area contributed by atoms with Gasteiger partial charge in [0.15, 0.2) is 5.75 Å². The highest BCUT2D eigenvalue weighted by molar-refractivity contribution is 7.55.